The lowest BCUT2D eigenvalue weighted by Gasteiger charge is -2.11. The van der Waals surface area contributed by atoms with Gasteiger partial charge in [-0.3, -0.25) is 0 Å². The van der Waals surface area contributed by atoms with Gasteiger partial charge in [-0.15, -0.1) is 0 Å². The van der Waals surface area contributed by atoms with Crippen molar-refractivity contribution in [2.45, 2.75) is 46.6 Å². The summed E-state index contributed by atoms with van der Waals surface area (Å²) in [6.07, 6.45) is 2.24. The monoisotopic (exact) mass is 190 g/mol. The van der Waals surface area contributed by atoms with Gasteiger partial charge in [-0.1, -0.05) is 27.7 Å². The average Bonchev–Trinajstić information content (AvgIpc) is 2.07. The highest BCUT2D eigenvalue weighted by atomic mass is 16.6. The molecular formula is C10H22O3. The molecule has 80 valence electrons. The highest BCUT2D eigenvalue weighted by Gasteiger charge is 2.15. The number of hydrogen-bond donors (Lipinski definition) is 0. The summed E-state index contributed by atoms with van der Waals surface area (Å²) in [5.41, 5.74) is 0. The summed E-state index contributed by atoms with van der Waals surface area (Å²) in [7, 11) is 1.52. The molecule has 0 saturated carbocycles. The molecule has 0 N–H and O–H groups in total. The van der Waals surface area contributed by atoms with Gasteiger partial charge in [0.25, 0.3) is 0 Å². The van der Waals surface area contributed by atoms with Crippen molar-refractivity contribution in [2.24, 2.45) is 0 Å². The first-order chi connectivity index (χ1) is 5.76. The van der Waals surface area contributed by atoms with E-state index in [4.69, 9.17) is 9.47 Å². The van der Waals surface area contributed by atoms with E-state index in [9.17, 15) is 4.79 Å². The quantitative estimate of drug-likeness (QED) is 0.476. The van der Waals surface area contributed by atoms with E-state index in [2.05, 4.69) is 6.92 Å². The molecule has 0 aromatic rings. The Bertz CT molecular complexity index is 119. The summed E-state index contributed by atoms with van der Waals surface area (Å²) in [5.74, 6) is -0.242. The maximum absolute atomic E-state index is 11.1. The summed E-state index contributed by atoms with van der Waals surface area (Å²) >= 11 is 0. The minimum atomic E-state index is -0.387. The van der Waals surface area contributed by atoms with Crippen molar-refractivity contribution in [3.05, 3.63) is 0 Å². The van der Waals surface area contributed by atoms with Crippen LogP contribution in [-0.4, -0.2) is 25.8 Å². The lowest BCUT2D eigenvalue weighted by molar-refractivity contribution is -0.155. The van der Waals surface area contributed by atoms with Crippen LogP contribution in [0.4, 0.5) is 0 Å². The van der Waals surface area contributed by atoms with Crippen LogP contribution in [0, 0.1) is 0 Å². The lowest BCUT2D eigenvalue weighted by Crippen LogP contribution is -2.24. The molecule has 3 heteroatoms. The van der Waals surface area contributed by atoms with Crippen molar-refractivity contribution < 1.29 is 14.3 Å². The lowest BCUT2D eigenvalue weighted by atomic mass is 10.3. The highest BCUT2D eigenvalue weighted by Crippen LogP contribution is 2.00. The third kappa shape index (κ3) is 6.58. The van der Waals surface area contributed by atoms with Gasteiger partial charge in [-0.2, -0.15) is 0 Å². The summed E-state index contributed by atoms with van der Waals surface area (Å²) < 4.78 is 9.88. The van der Waals surface area contributed by atoms with Gasteiger partial charge >= 0.3 is 5.97 Å². The van der Waals surface area contributed by atoms with E-state index in [1.165, 1.54) is 7.11 Å². The number of carbonyl (C=O) groups is 1. The van der Waals surface area contributed by atoms with Crippen LogP contribution >= 0.6 is 0 Å². The fourth-order valence-corrected chi connectivity index (χ4v) is 0.840. The minimum Gasteiger partial charge on any atom is -0.464 e. The third-order valence-electron chi connectivity index (χ3n) is 1.66. The number of ether oxygens (including phenoxy) is 2. The van der Waals surface area contributed by atoms with Crippen LogP contribution in [0.2, 0.25) is 0 Å². The Morgan fingerprint density at radius 1 is 1.38 bits per heavy atom. The molecule has 1 atom stereocenters. The van der Waals surface area contributed by atoms with E-state index in [-0.39, 0.29) is 19.5 Å². The Morgan fingerprint density at radius 2 is 2.00 bits per heavy atom. The summed E-state index contributed by atoms with van der Waals surface area (Å²) in [6.45, 7) is 4.46. The van der Waals surface area contributed by atoms with Gasteiger partial charge in [-0.25, -0.2) is 4.79 Å². The summed E-state index contributed by atoms with van der Waals surface area (Å²) in [6, 6.07) is 0. The third-order valence-corrected chi connectivity index (χ3v) is 1.66. The highest BCUT2D eigenvalue weighted by molar-refractivity contribution is 5.74. The second kappa shape index (κ2) is 9.52. The Hall–Kier alpha value is -0.570. The van der Waals surface area contributed by atoms with Gasteiger partial charge in [0.15, 0.2) is 6.10 Å². The molecule has 13 heavy (non-hydrogen) atoms. The van der Waals surface area contributed by atoms with E-state index in [0.29, 0.717) is 13.0 Å². The van der Waals surface area contributed by atoms with Crippen molar-refractivity contribution in [2.75, 3.05) is 13.7 Å². The van der Waals surface area contributed by atoms with Crippen LogP contribution in [0.25, 0.3) is 0 Å². The van der Waals surface area contributed by atoms with E-state index >= 15 is 0 Å². The number of methoxy groups -OCH3 is 1. The van der Waals surface area contributed by atoms with Gasteiger partial charge in [0.05, 0.1) is 6.61 Å². The van der Waals surface area contributed by atoms with Crippen LogP contribution in [0.3, 0.4) is 0 Å². The fourth-order valence-electron chi connectivity index (χ4n) is 0.840. The average molecular weight is 190 g/mol. The first-order valence-corrected chi connectivity index (χ1v) is 4.45. The van der Waals surface area contributed by atoms with Gasteiger partial charge in [0, 0.05) is 7.11 Å². The fraction of sp³-hybridized carbons (Fsp3) is 0.900. The summed E-state index contributed by atoms with van der Waals surface area (Å²) in [4.78, 5) is 11.1. The molecule has 0 spiro atoms. The molecule has 0 amide bonds. The van der Waals surface area contributed by atoms with Gasteiger partial charge in [-0.05, 0) is 12.8 Å². The molecule has 0 heterocycles. The van der Waals surface area contributed by atoms with Crippen molar-refractivity contribution >= 4 is 5.97 Å². The first kappa shape index (κ1) is 14.9. The molecule has 0 saturated heterocycles. The van der Waals surface area contributed by atoms with Gasteiger partial charge in [0.2, 0.25) is 0 Å². The Balaban J connectivity index is 0. The Labute approximate surface area is 81.4 Å². The van der Waals surface area contributed by atoms with E-state index in [1.54, 1.807) is 0 Å². The van der Waals surface area contributed by atoms with E-state index < -0.39 is 0 Å². The largest absolute Gasteiger partial charge is 0.464 e. The normalized spacial score (nSPS) is 11.6. The second-order valence-corrected chi connectivity index (χ2v) is 2.65. The Kier molecular flexibility index (Phi) is 10.9. The molecule has 0 rings (SSSR count). The molecule has 0 bridgehead atoms. The van der Waals surface area contributed by atoms with Gasteiger partial charge in [0.1, 0.15) is 0 Å². The summed E-state index contributed by atoms with van der Waals surface area (Å²) in [5, 5.41) is 0. The molecule has 0 aliphatic heterocycles. The zero-order valence-corrected chi connectivity index (χ0v) is 8.13. The Morgan fingerprint density at radius 3 is 2.38 bits per heavy atom. The number of carbonyl (C=O) groups excluding carboxylic acids is 1. The van der Waals surface area contributed by atoms with Crippen molar-refractivity contribution in [3.63, 3.8) is 0 Å². The maximum Gasteiger partial charge on any atom is 0.335 e. The molecule has 0 radical (unpaired) electrons. The second-order valence-electron chi connectivity index (χ2n) is 2.65. The number of esters is 1. The number of hydrogen-bond acceptors (Lipinski definition) is 3. The van der Waals surface area contributed by atoms with Crippen LogP contribution < -0.4 is 0 Å². The van der Waals surface area contributed by atoms with E-state index in [0.717, 1.165) is 12.8 Å². The first-order valence-electron chi connectivity index (χ1n) is 4.45. The van der Waals surface area contributed by atoms with Crippen LogP contribution in [0.5, 0.6) is 0 Å². The van der Waals surface area contributed by atoms with Crippen LogP contribution in [0.15, 0.2) is 0 Å². The number of unbranched alkanes of at least 4 members (excludes halogenated alkanes) is 1. The molecule has 0 aromatic heterocycles. The van der Waals surface area contributed by atoms with E-state index in [1.807, 2.05) is 6.92 Å². The van der Waals surface area contributed by atoms with Gasteiger partial charge < -0.3 is 9.47 Å². The van der Waals surface area contributed by atoms with Crippen molar-refractivity contribution in [3.8, 4) is 0 Å². The predicted molar refractivity (Wildman–Crippen MR) is 53.7 cm³/mol. The molecule has 0 aromatic carbocycles. The smallest absolute Gasteiger partial charge is 0.335 e. The molecule has 0 aliphatic rings. The molecule has 1 unspecified atom stereocenters. The molecule has 0 fully saturated rings. The van der Waals surface area contributed by atoms with Crippen molar-refractivity contribution in [1.82, 2.24) is 0 Å². The van der Waals surface area contributed by atoms with Crippen LogP contribution in [-0.2, 0) is 14.3 Å². The van der Waals surface area contributed by atoms with Crippen LogP contribution in [0.1, 0.15) is 40.5 Å². The predicted octanol–water partition coefficient (Wildman–Crippen LogP) is 2.39. The number of rotatable bonds is 6. The maximum atomic E-state index is 11.1. The standard InChI is InChI=1S/C9H18O3.CH4/c1-4-6-7-12-9(10)8(5-2)11-3;/h8H,4-7H2,1-3H3;1H4. The molecule has 3 nitrogen and oxygen atoms in total. The molecule has 0 aliphatic carbocycles. The zero-order valence-electron chi connectivity index (χ0n) is 8.13. The SMILES string of the molecule is C.CCCCOC(=O)C(CC)OC. The van der Waals surface area contributed by atoms with Crippen molar-refractivity contribution in [1.29, 1.82) is 0 Å². The topological polar surface area (TPSA) is 35.5 Å². The zero-order chi connectivity index (χ0) is 9.40. The minimum absolute atomic E-state index is 0. The molecular weight excluding hydrogens is 168 g/mol.